The van der Waals surface area contributed by atoms with Crippen LogP contribution in [-0.4, -0.2) is 0 Å². The summed E-state index contributed by atoms with van der Waals surface area (Å²) in [5.41, 5.74) is 0.895. The summed E-state index contributed by atoms with van der Waals surface area (Å²) in [6.07, 6.45) is 2.80. The predicted octanol–water partition coefficient (Wildman–Crippen LogP) is 3.52. The van der Waals surface area contributed by atoms with Gasteiger partial charge in [0.05, 0.1) is 30.0 Å². The third-order valence-corrected chi connectivity index (χ3v) is 2.92. The van der Waals surface area contributed by atoms with Gasteiger partial charge >= 0.3 is 0 Å². The van der Waals surface area contributed by atoms with Crippen molar-refractivity contribution in [2.75, 3.05) is 0 Å². The Labute approximate surface area is 108 Å². The van der Waals surface area contributed by atoms with Gasteiger partial charge in [-0.25, -0.2) is 0 Å². The van der Waals surface area contributed by atoms with Gasteiger partial charge in [-0.05, 0) is 18.4 Å². The second-order valence-corrected chi connectivity index (χ2v) is 4.16. The standard InChI is InChI=1S/C15H15N3/c16-10-6-2-5-9-14(11-17)15(12-18)13-7-3-1-4-8-13/h1,3-4,7-8,14-15H,2,5-6,9H2. The molecule has 1 aromatic rings. The van der Waals surface area contributed by atoms with Crippen LogP contribution in [0.25, 0.3) is 0 Å². The van der Waals surface area contributed by atoms with Gasteiger partial charge in [-0.3, -0.25) is 0 Å². The molecule has 0 saturated carbocycles. The van der Waals surface area contributed by atoms with Crippen molar-refractivity contribution in [3.8, 4) is 18.2 Å². The highest BCUT2D eigenvalue weighted by Gasteiger charge is 2.22. The molecule has 0 aliphatic rings. The number of hydrogen-bond donors (Lipinski definition) is 0. The lowest BCUT2D eigenvalue weighted by Crippen LogP contribution is -2.09. The Morgan fingerprint density at radius 3 is 2.22 bits per heavy atom. The van der Waals surface area contributed by atoms with Crippen LogP contribution in [0.15, 0.2) is 30.3 Å². The van der Waals surface area contributed by atoms with E-state index in [1.165, 1.54) is 0 Å². The van der Waals surface area contributed by atoms with Gasteiger partial charge in [0.15, 0.2) is 0 Å². The first kappa shape index (κ1) is 13.8. The van der Waals surface area contributed by atoms with E-state index in [-0.39, 0.29) is 11.8 Å². The molecule has 0 N–H and O–H groups in total. The molecule has 0 aliphatic heterocycles. The molecule has 1 aromatic carbocycles. The number of nitrogens with zero attached hydrogens (tertiary/aromatic N) is 3. The molecular formula is C15H15N3. The Morgan fingerprint density at radius 1 is 0.944 bits per heavy atom. The molecular weight excluding hydrogens is 222 g/mol. The number of benzene rings is 1. The van der Waals surface area contributed by atoms with Crippen molar-refractivity contribution < 1.29 is 0 Å². The summed E-state index contributed by atoms with van der Waals surface area (Å²) in [5, 5.41) is 26.9. The molecule has 90 valence electrons. The third-order valence-electron chi connectivity index (χ3n) is 2.92. The Morgan fingerprint density at radius 2 is 1.67 bits per heavy atom. The average Bonchev–Trinajstić information content (AvgIpc) is 2.43. The molecule has 2 unspecified atom stereocenters. The molecule has 0 saturated heterocycles. The fourth-order valence-electron chi connectivity index (χ4n) is 1.93. The first-order chi connectivity index (χ1) is 8.83. The van der Waals surface area contributed by atoms with E-state index in [1.54, 1.807) is 0 Å². The molecule has 0 heterocycles. The van der Waals surface area contributed by atoms with Crippen molar-refractivity contribution in [3.63, 3.8) is 0 Å². The minimum atomic E-state index is -0.377. The van der Waals surface area contributed by atoms with Crippen molar-refractivity contribution in [2.24, 2.45) is 5.92 Å². The van der Waals surface area contributed by atoms with Crippen molar-refractivity contribution >= 4 is 0 Å². The number of rotatable bonds is 6. The largest absolute Gasteiger partial charge is 0.198 e. The smallest absolute Gasteiger partial charge is 0.0870 e. The van der Waals surface area contributed by atoms with Crippen LogP contribution >= 0.6 is 0 Å². The highest BCUT2D eigenvalue weighted by molar-refractivity contribution is 5.27. The lowest BCUT2D eigenvalue weighted by Gasteiger charge is -2.15. The van der Waals surface area contributed by atoms with Crippen LogP contribution in [0.5, 0.6) is 0 Å². The lowest BCUT2D eigenvalue weighted by atomic mass is 9.85. The van der Waals surface area contributed by atoms with E-state index < -0.39 is 0 Å². The molecule has 18 heavy (non-hydrogen) atoms. The van der Waals surface area contributed by atoms with E-state index in [2.05, 4.69) is 18.2 Å². The highest BCUT2D eigenvalue weighted by atomic mass is 14.4. The zero-order chi connectivity index (χ0) is 13.2. The van der Waals surface area contributed by atoms with Gasteiger partial charge in [0.25, 0.3) is 0 Å². The molecule has 1 rings (SSSR count). The van der Waals surface area contributed by atoms with Crippen LogP contribution in [0.3, 0.4) is 0 Å². The maximum Gasteiger partial charge on any atom is 0.0870 e. The molecule has 0 radical (unpaired) electrons. The van der Waals surface area contributed by atoms with Crippen LogP contribution in [0.1, 0.15) is 37.2 Å². The SMILES string of the molecule is N#CCCCCC(C#N)C(C#N)c1ccccc1. The van der Waals surface area contributed by atoms with Crippen LogP contribution in [-0.2, 0) is 0 Å². The van der Waals surface area contributed by atoms with Crippen LogP contribution in [0, 0.1) is 39.9 Å². The van der Waals surface area contributed by atoms with Gasteiger partial charge in [-0.15, -0.1) is 0 Å². The first-order valence-electron chi connectivity index (χ1n) is 6.04. The van der Waals surface area contributed by atoms with E-state index >= 15 is 0 Å². The minimum Gasteiger partial charge on any atom is -0.198 e. The highest BCUT2D eigenvalue weighted by Crippen LogP contribution is 2.27. The molecule has 0 aliphatic carbocycles. The van der Waals surface area contributed by atoms with Gasteiger partial charge in [-0.2, -0.15) is 15.8 Å². The quantitative estimate of drug-likeness (QED) is 0.710. The molecule has 0 amide bonds. The number of unbranched alkanes of at least 4 members (excludes halogenated alkanes) is 2. The summed E-state index contributed by atoms with van der Waals surface area (Å²) < 4.78 is 0. The monoisotopic (exact) mass is 237 g/mol. The first-order valence-corrected chi connectivity index (χ1v) is 6.04. The fraction of sp³-hybridized carbons (Fsp3) is 0.400. The normalized spacial score (nSPS) is 12.7. The molecule has 0 spiro atoms. The molecule has 2 atom stereocenters. The average molecular weight is 237 g/mol. The topological polar surface area (TPSA) is 71.4 Å². The summed E-state index contributed by atoms with van der Waals surface area (Å²) in [7, 11) is 0. The molecule has 3 heteroatoms. The third kappa shape index (κ3) is 3.93. The lowest BCUT2D eigenvalue weighted by molar-refractivity contribution is 0.520. The van der Waals surface area contributed by atoms with E-state index in [0.29, 0.717) is 12.8 Å². The minimum absolute atomic E-state index is 0.295. The molecule has 0 aromatic heterocycles. The molecule has 3 nitrogen and oxygen atoms in total. The molecule has 0 fully saturated rings. The van der Waals surface area contributed by atoms with Gasteiger partial charge in [0.2, 0.25) is 0 Å². The van der Waals surface area contributed by atoms with E-state index in [4.69, 9.17) is 5.26 Å². The van der Waals surface area contributed by atoms with Crippen molar-refractivity contribution in [2.45, 2.75) is 31.6 Å². The summed E-state index contributed by atoms with van der Waals surface area (Å²) in [6, 6.07) is 15.9. The Bertz CT molecular complexity index is 473. The van der Waals surface area contributed by atoms with E-state index in [9.17, 15) is 10.5 Å². The fourth-order valence-corrected chi connectivity index (χ4v) is 1.93. The van der Waals surface area contributed by atoms with Crippen LogP contribution < -0.4 is 0 Å². The summed E-state index contributed by atoms with van der Waals surface area (Å²) in [5.74, 6) is -0.672. The Balaban J connectivity index is 2.66. The summed E-state index contributed by atoms with van der Waals surface area (Å²) >= 11 is 0. The second-order valence-electron chi connectivity index (χ2n) is 4.16. The van der Waals surface area contributed by atoms with Crippen molar-refractivity contribution in [1.29, 1.82) is 15.8 Å². The zero-order valence-corrected chi connectivity index (χ0v) is 10.2. The van der Waals surface area contributed by atoms with Crippen molar-refractivity contribution in [3.05, 3.63) is 35.9 Å². The zero-order valence-electron chi connectivity index (χ0n) is 10.2. The summed E-state index contributed by atoms with van der Waals surface area (Å²) in [6.45, 7) is 0. The van der Waals surface area contributed by atoms with Crippen LogP contribution in [0.4, 0.5) is 0 Å². The van der Waals surface area contributed by atoms with Gasteiger partial charge in [-0.1, -0.05) is 36.8 Å². The second kappa shape index (κ2) is 7.88. The van der Waals surface area contributed by atoms with Gasteiger partial charge in [0.1, 0.15) is 0 Å². The predicted molar refractivity (Wildman–Crippen MR) is 68.0 cm³/mol. The molecule has 0 bridgehead atoms. The van der Waals surface area contributed by atoms with E-state index in [0.717, 1.165) is 18.4 Å². The van der Waals surface area contributed by atoms with Crippen LogP contribution in [0.2, 0.25) is 0 Å². The maximum absolute atomic E-state index is 9.23. The number of hydrogen-bond acceptors (Lipinski definition) is 3. The Kier molecular flexibility index (Phi) is 6.02. The van der Waals surface area contributed by atoms with E-state index in [1.807, 2.05) is 30.3 Å². The summed E-state index contributed by atoms with van der Waals surface area (Å²) in [4.78, 5) is 0. The van der Waals surface area contributed by atoms with Gasteiger partial charge in [0, 0.05) is 6.42 Å². The maximum atomic E-state index is 9.23. The van der Waals surface area contributed by atoms with Crippen molar-refractivity contribution in [1.82, 2.24) is 0 Å². The Hall–Kier alpha value is -2.31. The van der Waals surface area contributed by atoms with Gasteiger partial charge < -0.3 is 0 Å². The number of nitriles is 3.